The van der Waals surface area contributed by atoms with Crippen molar-refractivity contribution in [1.82, 2.24) is 20.4 Å². The molecule has 116 valence electrons. The van der Waals surface area contributed by atoms with Gasteiger partial charge in [0.1, 0.15) is 23.0 Å². The molecule has 0 radical (unpaired) electrons. The summed E-state index contributed by atoms with van der Waals surface area (Å²) in [4.78, 5) is 19.5. The molecule has 1 N–H and O–H groups in total. The second kappa shape index (κ2) is 6.30. The highest BCUT2D eigenvalue weighted by molar-refractivity contribution is 5.91. The molecule has 0 aliphatic heterocycles. The Hall–Kier alpha value is -3.16. The molecule has 0 bridgehead atoms. The molecule has 0 fully saturated rings. The van der Waals surface area contributed by atoms with Gasteiger partial charge in [0.15, 0.2) is 5.76 Å². The van der Waals surface area contributed by atoms with Crippen LogP contribution in [0, 0.1) is 11.6 Å². The Kier molecular flexibility index (Phi) is 4.05. The summed E-state index contributed by atoms with van der Waals surface area (Å²) in [5.41, 5.74) is 0.646. The zero-order chi connectivity index (χ0) is 16.2. The average Bonchev–Trinajstić information content (AvgIpc) is 3.02. The van der Waals surface area contributed by atoms with Gasteiger partial charge in [0.25, 0.3) is 5.91 Å². The van der Waals surface area contributed by atoms with Crippen molar-refractivity contribution < 1.29 is 18.1 Å². The SMILES string of the molecule is O=C(NCc1cc(-c2ccc(F)cc2F)on1)c1cnccn1. The average molecular weight is 316 g/mol. The van der Waals surface area contributed by atoms with Crippen LogP contribution in [0.2, 0.25) is 0 Å². The predicted molar refractivity (Wildman–Crippen MR) is 75.1 cm³/mol. The molecule has 0 saturated carbocycles. The van der Waals surface area contributed by atoms with Crippen molar-refractivity contribution in [2.24, 2.45) is 0 Å². The molecule has 23 heavy (non-hydrogen) atoms. The molecule has 0 spiro atoms. The van der Waals surface area contributed by atoms with E-state index >= 15 is 0 Å². The number of halogens is 2. The lowest BCUT2D eigenvalue weighted by Crippen LogP contribution is -2.23. The molecule has 2 heterocycles. The van der Waals surface area contributed by atoms with Crippen LogP contribution in [0.5, 0.6) is 0 Å². The maximum atomic E-state index is 13.7. The summed E-state index contributed by atoms with van der Waals surface area (Å²) in [6, 6.07) is 4.60. The highest BCUT2D eigenvalue weighted by atomic mass is 19.1. The van der Waals surface area contributed by atoms with Crippen molar-refractivity contribution >= 4 is 5.91 Å². The van der Waals surface area contributed by atoms with Crippen LogP contribution in [-0.2, 0) is 6.54 Å². The van der Waals surface area contributed by atoms with E-state index in [-0.39, 0.29) is 23.6 Å². The van der Waals surface area contributed by atoms with Crippen molar-refractivity contribution in [3.8, 4) is 11.3 Å². The third-order valence-electron chi connectivity index (χ3n) is 2.98. The fourth-order valence-electron chi connectivity index (χ4n) is 1.89. The fraction of sp³-hybridized carbons (Fsp3) is 0.0667. The number of hydrogen-bond acceptors (Lipinski definition) is 5. The number of nitrogens with zero attached hydrogens (tertiary/aromatic N) is 3. The summed E-state index contributed by atoms with van der Waals surface area (Å²) in [7, 11) is 0. The topological polar surface area (TPSA) is 80.9 Å². The van der Waals surface area contributed by atoms with Crippen LogP contribution >= 0.6 is 0 Å². The van der Waals surface area contributed by atoms with E-state index in [0.29, 0.717) is 5.69 Å². The van der Waals surface area contributed by atoms with E-state index < -0.39 is 17.5 Å². The summed E-state index contributed by atoms with van der Waals surface area (Å²) in [6.07, 6.45) is 4.19. The van der Waals surface area contributed by atoms with Gasteiger partial charge in [-0.2, -0.15) is 0 Å². The maximum Gasteiger partial charge on any atom is 0.271 e. The first-order chi connectivity index (χ1) is 11.1. The summed E-state index contributed by atoms with van der Waals surface area (Å²) < 4.78 is 31.6. The summed E-state index contributed by atoms with van der Waals surface area (Å²) in [6.45, 7) is 0.0712. The number of carbonyl (C=O) groups is 1. The number of benzene rings is 1. The molecule has 3 aromatic rings. The summed E-state index contributed by atoms with van der Waals surface area (Å²) in [5.74, 6) is -1.71. The van der Waals surface area contributed by atoms with Gasteiger partial charge in [0.2, 0.25) is 0 Å². The lowest BCUT2D eigenvalue weighted by atomic mass is 10.1. The summed E-state index contributed by atoms with van der Waals surface area (Å²) in [5, 5.41) is 6.32. The molecule has 0 aliphatic rings. The number of hydrogen-bond donors (Lipinski definition) is 1. The van der Waals surface area contributed by atoms with Gasteiger partial charge in [0, 0.05) is 24.5 Å². The summed E-state index contributed by atoms with van der Waals surface area (Å²) >= 11 is 0. The van der Waals surface area contributed by atoms with Gasteiger partial charge in [-0.3, -0.25) is 9.78 Å². The first-order valence-corrected chi connectivity index (χ1v) is 6.59. The molecule has 0 unspecified atom stereocenters. The molecule has 6 nitrogen and oxygen atoms in total. The first-order valence-electron chi connectivity index (χ1n) is 6.59. The van der Waals surface area contributed by atoms with Crippen molar-refractivity contribution in [2.75, 3.05) is 0 Å². The molecular formula is C15H10F2N4O2. The number of amides is 1. The third-order valence-corrected chi connectivity index (χ3v) is 2.98. The van der Waals surface area contributed by atoms with Crippen LogP contribution in [0.4, 0.5) is 8.78 Å². The van der Waals surface area contributed by atoms with Crippen LogP contribution in [0.15, 0.2) is 47.4 Å². The van der Waals surface area contributed by atoms with Gasteiger partial charge in [0.05, 0.1) is 18.3 Å². The Morgan fingerprint density at radius 2 is 2.09 bits per heavy atom. The molecule has 0 saturated heterocycles. The standard InChI is InChI=1S/C15H10F2N4O2/c16-9-1-2-11(12(17)5-9)14-6-10(21-23-14)7-20-15(22)13-8-18-3-4-19-13/h1-6,8H,7H2,(H,20,22). The molecule has 0 atom stereocenters. The Morgan fingerprint density at radius 1 is 1.22 bits per heavy atom. The van der Waals surface area contributed by atoms with Crippen LogP contribution in [0.3, 0.4) is 0 Å². The number of rotatable bonds is 4. The Labute approximate surface area is 129 Å². The van der Waals surface area contributed by atoms with Crippen LogP contribution in [0.25, 0.3) is 11.3 Å². The van der Waals surface area contributed by atoms with Gasteiger partial charge in [-0.1, -0.05) is 5.16 Å². The quantitative estimate of drug-likeness (QED) is 0.799. The van der Waals surface area contributed by atoms with E-state index in [9.17, 15) is 13.6 Å². The van der Waals surface area contributed by atoms with Gasteiger partial charge in [-0.25, -0.2) is 13.8 Å². The van der Waals surface area contributed by atoms with E-state index in [2.05, 4.69) is 20.4 Å². The predicted octanol–water partition coefficient (Wildman–Crippen LogP) is 2.34. The van der Waals surface area contributed by atoms with Crippen LogP contribution in [-0.4, -0.2) is 21.0 Å². The second-order valence-electron chi connectivity index (χ2n) is 4.58. The van der Waals surface area contributed by atoms with Gasteiger partial charge >= 0.3 is 0 Å². The molecule has 8 heteroatoms. The van der Waals surface area contributed by atoms with Gasteiger partial charge in [-0.15, -0.1) is 0 Å². The molecule has 1 amide bonds. The second-order valence-corrected chi connectivity index (χ2v) is 4.58. The number of carbonyl (C=O) groups excluding carboxylic acids is 1. The van der Waals surface area contributed by atoms with Gasteiger partial charge in [-0.05, 0) is 12.1 Å². The highest BCUT2D eigenvalue weighted by Gasteiger charge is 2.13. The fourth-order valence-corrected chi connectivity index (χ4v) is 1.89. The molecule has 2 aromatic heterocycles. The van der Waals surface area contributed by atoms with Gasteiger partial charge < -0.3 is 9.84 Å². The first kappa shape index (κ1) is 14.8. The normalized spacial score (nSPS) is 10.5. The number of nitrogens with one attached hydrogen (secondary N) is 1. The van der Waals surface area contributed by atoms with Crippen molar-refractivity contribution in [1.29, 1.82) is 0 Å². The van der Waals surface area contributed by atoms with E-state index in [1.165, 1.54) is 30.7 Å². The van der Waals surface area contributed by atoms with E-state index in [0.717, 1.165) is 12.1 Å². The van der Waals surface area contributed by atoms with E-state index in [4.69, 9.17) is 4.52 Å². The Morgan fingerprint density at radius 3 is 2.83 bits per heavy atom. The molecular weight excluding hydrogens is 306 g/mol. The third kappa shape index (κ3) is 3.37. The van der Waals surface area contributed by atoms with E-state index in [1.54, 1.807) is 0 Å². The van der Waals surface area contributed by atoms with E-state index in [1.807, 2.05) is 0 Å². The minimum atomic E-state index is -0.753. The van der Waals surface area contributed by atoms with Crippen LogP contribution < -0.4 is 5.32 Å². The minimum Gasteiger partial charge on any atom is -0.356 e. The Balaban J connectivity index is 1.69. The lowest BCUT2D eigenvalue weighted by molar-refractivity contribution is 0.0944. The zero-order valence-electron chi connectivity index (χ0n) is 11.7. The van der Waals surface area contributed by atoms with Crippen molar-refractivity contribution in [3.63, 3.8) is 0 Å². The molecule has 0 aliphatic carbocycles. The largest absolute Gasteiger partial charge is 0.356 e. The minimum absolute atomic E-state index is 0.0712. The molecule has 1 aromatic carbocycles. The lowest BCUT2D eigenvalue weighted by Gasteiger charge is -2.00. The molecule has 3 rings (SSSR count). The zero-order valence-corrected chi connectivity index (χ0v) is 11.7. The van der Waals surface area contributed by atoms with Crippen LogP contribution in [0.1, 0.15) is 16.2 Å². The maximum absolute atomic E-state index is 13.7. The smallest absolute Gasteiger partial charge is 0.271 e. The van der Waals surface area contributed by atoms with Crippen molar-refractivity contribution in [2.45, 2.75) is 6.54 Å². The Bertz CT molecular complexity index is 837. The highest BCUT2D eigenvalue weighted by Crippen LogP contribution is 2.24. The number of aromatic nitrogens is 3. The monoisotopic (exact) mass is 316 g/mol. The van der Waals surface area contributed by atoms with Crippen molar-refractivity contribution in [3.05, 3.63) is 65.9 Å².